The Morgan fingerprint density at radius 1 is 1.24 bits per heavy atom. The quantitative estimate of drug-likeness (QED) is 0.206. The third-order valence-corrected chi connectivity index (χ3v) is 4.56. The van der Waals surface area contributed by atoms with Crippen LogP contribution in [-0.2, 0) is 28.7 Å². The first-order chi connectivity index (χ1) is 13.4. The summed E-state index contributed by atoms with van der Waals surface area (Å²) in [6.07, 6.45) is -7.89. The van der Waals surface area contributed by atoms with Crippen molar-refractivity contribution in [1.82, 2.24) is 4.90 Å². The van der Waals surface area contributed by atoms with Gasteiger partial charge >= 0.3 is 11.9 Å². The average molecular weight is 421 g/mol. The van der Waals surface area contributed by atoms with Crippen LogP contribution in [0.2, 0.25) is 0 Å². The van der Waals surface area contributed by atoms with Crippen LogP contribution >= 0.6 is 0 Å². The minimum Gasteiger partial charge on any atom is -0.481 e. The normalized spacial score (nSPS) is 28.9. The van der Waals surface area contributed by atoms with Gasteiger partial charge in [-0.05, 0) is 13.3 Å². The van der Waals surface area contributed by atoms with Crippen LogP contribution in [0.25, 0.3) is 0 Å². The van der Waals surface area contributed by atoms with E-state index in [0.717, 1.165) is 11.8 Å². The number of hydrogen-bond donors (Lipinski definition) is 6. The number of carboxylic acid groups (broad SMARTS) is 2. The molecular weight excluding hydrogens is 394 g/mol. The number of aliphatic hydroxyl groups excluding tert-OH is 2. The van der Waals surface area contributed by atoms with Crippen molar-refractivity contribution in [2.45, 2.75) is 69.4 Å². The maximum absolute atomic E-state index is 12.3. The minimum absolute atomic E-state index is 0.333. The Morgan fingerprint density at radius 2 is 1.83 bits per heavy atom. The van der Waals surface area contributed by atoms with Gasteiger partial charge in [0.15, 0.2) is 12.3 Å². The summed E-state index contributed by atoms with van der Waals surface area (Å²) in [6, 6.07) is -2.75. The standard InChI is InChI=1S/C16H27N3O10/c1-6(16(26)27)28-13-11(17)15(29-9(5-20)12(13)24)19(7(2)21)8(14(18)25)3-4-10(22)23/h6,8-9,11-13,15,20,24H,3-5,17H2,1-2H3,(H2,18,25)(H,22,23)(H,26,27)/t6-,8-,9-,11-,12-,13-,15?/m1/s1. The highest BCUT2D eigenvalue weighted by molar-refractivity contribution is 5.86. The van der Waals surface area contributed by atoms with Crippen molar-refractivity contribution in [2.24, 2.45) is 11.5 Å². The molecule has 166 valence electrons. The van der Waals surface area contributed by atoms with E-state index in [4.69, 9.17) is 31.2 Å². The summed E-state index contributed by atoms with van der Waals surface area (Å²) in [5, 5.41) is 37.8. The highest BCUT2D eigenvalue weighted by Gasteiger charge is 2.49. The molecule has 0 aromatic rings. The van der Waals surface area contributed by atoms with Crippen LogP contribution in [0.15, 0.2) is 0 Å². The number of amides is 2. The Hall–Kier alpha value is -2.32. The summed E-state index contributed by atoms with van der Waals surface area (Å²) in [6.45, 7) is 1.54. The first-order valence-corrected chi connectivity index (χ1v) is 8.80. The van der Waals surface area contributed by atoms with Crippen LogP contribution in [0.1, 0.15) is 26.7 Å². The van der Waals surface area contributed by atoms with Crippen molar-refractivity contribution < 1.29 is 49.1 Å². The lowest BCUT2D eigenvalue weighted by Gasteiger charge is -2.48. The molecule has 1 heterocycles. The van der Waals surface area contributed by atoms with E-state index in [1.807, 2.05) is 0 Å². The molecule has 7 atom stereocenters. The van der Waals surface area contributed by atoms with E-state index in [9.17, 15) is 29.4 Å². The first kappa shape index (κ1) is 24.7. The Kier molecular flexibility index (Phi) is 8.91. The molecule has 1 rings (SSSR count). The summed E-state index contributed by atoms with van der Waals surface area (Å²) in [4.78, 5) is 47.0. The second-order valence-corrected chi connectivity index (χ2v) is 6.67. The van der Waals surface area contributed by atoms with Crippen LogP contribution in [0.5, 0.6) is 0 Å². The fourth-order valence-electron chi connectivity index (χ4n) is 3.07. The van der Waals surface area contributed by atoms with E-state index in [-0.39, 0.29) is 6.42 Å². The lowest BCUT2D eigenvalue weighted by molar-refractivity contribution is -0.246. The molecule has 1 aliphatic rings. The molecule has 0 spiro atoms. The van der Waals surface area contributed by atoms with Crippen LogP contribution in [0.3, 0.4) is 0 Å². The monoisotopic (exact) mass is 421 g/mol. The SMILES string of the molecule is CC(=O)N(C1O[C@H](CO)[C@@H](O)[C@H](O[C@H](C)C(=O)O)[C@H]1N)[C@H](CCC(=O)O)C(N)=O. The van der Waals surface area contributed by atoms with E-state index in [2.05, 4.69) is 0 Å². The van der Waals surface area contributed by atoms with Gasteiger partial charge in [-0.3, -0.25) is 14.4 Å². The topological polar surface area (TPSA) is 223 Å². The summed E-state index contributed by atoms with van der Waals surface area (Å²) in [7, 11) is 0. The van der Waals surface area contributed by atoms with Gasteiger partial charge < -0.3 is 46.3 Å². The molecule has 13 heteroatoms. The molecule has 1 fully saturated rings. The van der Waals surface area contributed by atoms with Crippen molar-refractivity contribution in [3.8, 4) is 0 Å². The predicted octanol–water partition coefficient (Wildman–Crippen LogP) is -3.18. The summed E-state index contributed by atoms with van der Waals surface area (Å²) >= 11 is 0. The molecule has 1 unspecified atom stereocenters. The van der Waals surface area contributed by atoms with Gasteiger partial charge in [0.05, 0.1) is 12.6 Å². The smallest absolute Gasteiger partial charge is 0.332 e. The molecule has 8 N–H and O–H groups in total. The number of carboxylic acids is 2. The number of nitrogens with zero attached hydrogens (tertiary/aromatic N) is 1. The molecule has 0 bridgehead atoms. The average Bonchev–Trinajstić information content (AvgIpc) is 2.62. The number of nitrogens with two attached hydrogens (primary N) is 2. The maximum Gasteiger partial charge on any atom is 0.332 e. The highest BCUT2D eigenvalue weighted by Crippen LogP contribution is 2.28. The summed E-state index contributed by atoms with van der Waals surface area (Å²) < 4.78 is 10.8. The second kappa shape index (κ2) is 10.5. The molecule has 0 saturated carbocycles. The molecule has 0 radical (unpaired) electrons. The molecule has 1 saturated heterocycles. The number of carbonyl (C=O) groups is 4. The van der Waals surface area contributed by atoms with E-state index in [1.165, 1.54) is 6.92 Å². The van der Waals surface area contributed by atoms with E-state index in [1.54, 1.807) is 0 Å². The summed E-state index contributed by atoms with van der Waals surface area (Å²) in [5.41, 5.74) is 11.4. The Balaban J connectivity index is 3.27. The van der Waals surface area contributed by atoms with Gasteiger partial charge in [-0.15, -0.1) is 0 Å². The molecule has 2 amide bonds. The Bertz CT molecular complexity index is 630. The number of carbonyl (C=O) groups excluding carboxylic acids is 2. The van der Waals surface area contributed by atoms with Crippen molar-refractivity contribution in [1.29, 1.82) is 0 Å². The van der Waals surface area contributed by atoms with Gasteiger partial charge in [-0.2, -0.15) is 0 Å². The van der Waals surface area contributed by atoms with Crippen LogP contribution in [-0.4, -0.2) is 98.4 Å². The molecule has 0 aromatic carbocycles. The predicted molar refractivity (Wildman–Crippen MR) is 94.1 cm³/mol. The first-order valence-electron chi connectivity index (χ1n) is 8.80. The number of aliphatic hydroxyl groups is 2. The van der Waals surface area contributed by atoms with Crippen molar-refractivity contribution in [3.05, 3.63) is 0 Å². The third kappa shape index (κ3) is 6.08. The molecule has 29 heavy (non-hydrogen) atoms. The molecule has 0 aromatic heterocycles. The minimum atomic E-state index is -1.53. The molecule has 0 aliphatic carbocycles. The maximum atomic E-state index is 12.3. The third-order valence-electron chi connectivity index (χ3n) is 4.56. The van der Waals surface area contributed by atoms with Crippen molar-refractivity contribution >= 4 is 23.8 Å². The van der Waals surface area contributed by atoms with Crippen molar-refractivity contribution in [2.75, 3.05) is 6.61 Å². The van der Waals surface area contributed by atoms with E-state index < -0.39 is 79.5 Å². The van der Waals surface area contributed by atoms with Gasteiger partial charge in [-0.25, -0.2) is 4.79 Å². The zero-order chi connectivity index (χ0) is 22.5. The molecule has 13 nitrogen and oxygen atoms in total. The number of rotatable bonds is 10. The fourth-order valence-corrected chi connectivity index (χ4v) is 3.07. The molecular formula is C16H27N3O10. The fraction of sp³-hybridized carbons (Fsp3) is 0.750. The van der Waals surface area contributed by atoms with Gasteiger partial charge in [0, 0.05) is 13.3 Å². The van der Waals surface area contributed by atoms with E-state index >= 15 is 0 Å². The lowest BCUT2D eigenvalue weighted by Crippen LogP contribution is -2.70. The largest absolute Gasteiger partial charge is 0.481 e. The van der Waals surface area contributed by atoms with Crippen LogP contribution in [0, 0.1) is 0 Å². The van der Waals surface area contributed by atoms with Crippen molar-refractivity contribution in [3.63, 3.8) is 0 Å². The van der Waals surface area contributed by atoms with Crippen LogP contribution in [0.4, 0.5) is 0 Å². The molecule has 1 aliphatic heterocycles. The summed E-state index contributed by atoms with van der Waals surface area (Å²) in [5.74, 6) is -4.32. The Morgan fingerprint density at radius 3 is 2.24 bits per heavy atom. The van der Waals surface area contributed by atoms with E-state index in [0.29, 0.717) is 0 Å². The lowest BCUT2D eigenvalue weighted by atomic mass is 9.94. The van der Waals surface area contributed by atoms with Gasteiger partial charge in [0.1, 0.15) is 24.4 Å². The zero-order valence-electron chi connectivity index (χ0n) is 16.0. The second-order valence-electron chi connectivity index (χ2n) is 6.67. The number of primary amides is 1. The van der Waals surface area contributed by atoms with Gasteiger partial charge in [0.2, 0.25) is 11.8 Å². The van der Waals surface area contributed by atoms with Gasteiger partial charge in [-0.1, -0.05) is 0 Å². The number of hydrogen-bond acceptors (Lipinski definition) is 9. The number of ether oxygens (including phenoxy) is 2. The van der Waals surface area contributed by atoms with Gasteiger partial charge in [0.25, 0.3) is 0 Å². The number of aliphatic carboxylic acids is 2. The van der Waals surface area contributed by atoms with Crippen LogP contribution < -0.4 is 11.5 Å². The zero-order valence-corrected chi connectivity index (χ0v) is 16.0. The Labute approximate surface area is 166 Å². The highest BCUT2D eigenvalue weighted by atomic mass is 16.6.